The molecule has 3 N–H and O–H groups in total. The van der Waals surface area contributed by atoms with Crippen molar-refractivity contribution < 1.29 is 18.3 Å². The summed E-state index contributed by atoms with van der Waals surface area (Å²) < 4.78 is 38.4. The highest BCUT2D eigenvalue weighted by molar-refractivity contribution is 9.10. The third-order valence-electron chi connectivity index (χ3n) is 2.95. The molecule has 0 heterocycles. The molecule has 2 nitrogen and oxygen atoms in total. The average molecular weight is 377 g/mol. The van der Waals surface area contributed by atoms with Gasteiger partial charge in [-0.2, -0.15) is 13.2 Å². The molecule has 0 aliphatic rings. The fourth-order valence-corrected chi connectivity index (χ4v) is 2.29. The highest BCUT2D eigenvalue weighted by Gasteiger charge is 2.32. The van der Waals surface area contributed by atoms with Crippen LogP contribution in [0.4, 0.5) is 13.2 Å². The summed E-state index contributed by atoms with van der Waals surface area (Å²) in [5.41, 5.74) is 5.36. The van der Waals surface area contributed by atoms with Crippen LogP contribution in [0.15, 0.2) is 22.7 Å². The number of unbranched alkanes of at least 4 members (excludes halogenated alkanes) is 1. The van der Waals surface area contributed by atoms with Crippen molar-refractivity contribution in [1.29, 1.82) is 0 Å². The summed E-state index contributed by atoms with van der Waals surface area (Å²) in [6.07, 6.45) is -3.11. The Morgan fingerprint density at radius 1 is 1.35 bits per heavy atom. The molecule has 0 aliphatic carbocycles. The van der Waals surface area contributed by atoms with Gasteiger partial charge in [-0.05, 0) is 30.2 Å². The van der Waals surface area contributed by atoms with E-state index in [9.17, 15) is 18.3 Å². The molecule has 0 unspecified atom stereocenters. The Hall–Kier alpha value is -0.300. The molecule has 0 bridgehead atoms. The molecule has 0 aliphatic heterocycles. The van der Waals surface area contributed by atoms with Crippen LogP contribution in [0.5, 0.6) is 0 Å². The Balaban J connectivity index is 0.00000361. The van der Waals surface area contributed by atoms with Crippen molar-refractivity contribution in [2.45, 2.75) is 44.5 Å². The molecule has 0 saturated heterocycles. The molecule has 0 amide bonds. The Morgan fingerprint density at radius 3 is 2.45 bits per heavy atom. The number of hydrogen-bond donors (Lipinski definition) is 2. The average Bonchev–Trinajstić information content (AvgIpc) is 2.34. The number of benzene rings is 1. The number of aliphatic hydroxyl groups is 1. The monoisotopic (exact) mass is 375 g/mol. The molecular formula is C13H18BrClF3NO. The maximum atomic E-state index is 12.6. The van der Waals surface area contributed by atoms with Crippen LogP contribution in [0, 0.1) is 0 Å². The molecule has 20 heavy (non-hydrogen) atoms. The number of halogens is 5. The van der Waals surface area contributed by atoms with Crippen molar-refractivity contribution in [3.8, 4) is 0 Å². The van der Waals surface area contributed by atoms with Crippen LogP contribution < -0.4 is 5.73 Å². The normalized spacial score (nSPS) is 14.6. The van der Waals surface area contributed by atoms with Gasteiger partial charge in [0.2, 0.25) is 0 Å². The predicted molar refractivity (Wildman–Crippen MR) is 78.9 cm³/mol. The summed E-state index contributed by atoms with van der Waals surface area (Å²) in [4.78, 5) is 0. The second-order valence-corrected chi connectivity index (χ2v) is 5.32. The third-order valence-corrected chi connectivity index (χ3v) is 3.67. The van der Waals surface area contributed by atoms with Gasteiger partial charge in [-0.3, -0.25) is 0 Å². The van der Waals surface area contributed by atoms with E-state index in [0.717, 1.165) is 25.0 Å². The van der Waals surface area contributed by atoms with Crippen LogP contribution in [0.1, 0.15) is 43.4 Å². The van der Waals surface area contributed by atoms with Crippen molar-refractivity contribution >= 4 is 28.3 Å². The molecule has 0 aromatic heterocycles. The van der Waals surface area contributed by atoms with E-state index >= 15 is 0 Å². The van der Waals surface area contributed by atoms with Crippen molar-refractivity contribution in [1.82, 2.24) is 0 Å². The Labute approximate surface area is 131 Å². The highest BCUT2D eigenvalue weighted by atomic mass is 79.9. The number of hydrogen-bond acceptors (Lipinski definition) is 2. The zero-order valence-corrected chi connectivity index (χ0v) is 13.4. The second kappa shape index (κ2) is 8.22. The summed E-state index contributed by atoms with van der Waals surface area (Å²) in [7, 11) is 0. The van der Waals surface area contributed by atoms with Crippen molar-refractivity contribution in [3.63, 3.8) is 0 Å². The smallest absolute Gasteiger partial charge is 0.391 e. The fraction of sp³-hybridized carbons (Fsp3) is 0.538. The van der Waals surface area contributed by atoms with E-state index in [1.807, 2.05) is 6.92 Å². The molecule has 1 aromatic rings. The summed E-state index contributed by atoms with van der Waals surface area (Å²) in [5, 5.41) is 9.89. The van der Waals surface area contributed by atoms with Crippen LogP contribution in [0.25, 0.3) is 0 Å². The first-order chi connectivity index (χ1) is 8.77. The zero-order chi connectivity index (χ0) is 14.6. The number of nitrogens with two attached hydrogens (primary N) is 1. The summed E-state index contributed by atoms with van der Waals surface area (Å²) in [5.74, 6) is 0. The van der Waals surface area contributed by atoms with Crippen LogP contribution >= 0.6 is 28.3 Å². The van der Waals surface area contributed by atoms with E-state index in [1.54, 1.807) is 0 Å². The minimum absolute atomic E-state index is 0. The van der Waals surface area contributed by atoms with E-state index in [-0.39, 0.29) is 18.0 Å². The lowest BCUT2D eigenvalue weighted by molar-refractivity contribution is -0.137. The van der Waals surface area contributed by atoms with Gasteiger partial charge in [0.25, 0.3) is 0 Å². The molecule has 1 rings (SSSR count). The van der Waals surface area contributed by atoms with Crippen LogP contribution in [0.2, 0.25) is 0 Å². The van der Waals surface area contributed by atoms with Gasteiger partial charge in [-0.15, -0.1) is 12.4 Å². The topological polar surface area (TPSA) is 46.2 Å². The van der Waals surface area contributed by atoms with Gasteiger partial charge in [0, 0.05) is 4.47 Å². The van der Waals surface area contributed by atoms with E-state index in [0.29, 0.717) is 10.9 Å². The summed E-state index contributed by atoms with van der Waals surface area (Å²) in [6.45, 7) is 1.97. The minimum atomic E-state index is -4.41. The lowest BCUT2D eigenvalue weighted by atomic mass is 9.97. The van der Waals surface area contributed by atoms with Crippen molar-refractivity contribution in [3.05, 3.63) is 33.8 Å². The Kier molecular flexibility index (Phi) is 8.09. The van der Waals surface area contributed by atoms with Crippen molar-refractivity contribution in [2.75, 3.05) is 0 Å². The van der Waals surface area contributed by atoms with Crippen LogP contribution in [-0.4, -0.2) is 11.2 Å². The lowest BCUT2D eigenvalue weighted by Crippen LogP contribution is -2.27. The van der Waals surface area contributed by atoms with Crippen LogP contribution in [-0.2, 0) is 6.18 Å². The largest absolute Gasteiger partial charge is 0.416 e. The number of alkyl halides is 3. The molecule has 7 heteroatoms. The quantitative estimate of drug-likeness (QED) is 0.798. The third kappa shape index (κ3) is 5.24. The maximum absolute atomic E-state index is 12.6. The van der Waals surface area contributed by atoms with Crippen LogP contribution in [0.3, 0.4) is 0 Å². The van der Waals surface area contributed by atoms with E-state index in [2.05, 4.69) is 15.9 Å². The van der Waals surface area contributed by atoms with E-state index in [1.165, 1.54) is 6.07 Å². The van der Waals surface area contributed by atoms with Gasteiger partial charge in [0.15, 0.2) is 0 Å². The van der Waals surface area contributed by atoms with E-state index < -0.39 is 23.9 Å². The summed E-state index contributed by atoms with van der Waals surface area (Å²) >= 11 is 3.18. The first-order valence-corrected chi connectivity index (χ1v) is 6.87. The van der Waals surface area contributed by atoms with Gasteiger partial charge in [-0.25, -0.2) is 0 Å². The highest BCUT2D eigenvalue weighted by Crippen LogP contribution is 2.34. The zero-order valence-electron chi connectivity index (χ0n) is 11.0. The SMILES string of the molecule is CCCC[C@H](O)[C@H](N)c1cc(C(F)(F)F)ccc1Br.Cl. The molecule has 1 aromatic carbocycles. The minimum Gasteiger partial charge on any atom is -0.391 e. The van der Waals surface area contributed by atoms with E-state index in [4.69, 9.17) is 5.73 Å². The molecule has 2 atom stereocenters. The predicted octanol–water partition coefficient (Wildman–Crippen LogP) is 4.44. The molecule has 0 spiro atoms. The number of aliphatic hydroxyl groups excluding tert-OH is 1. The van der Waals surface area contributed by atoms with Gasteiger partial charge in [-0.1, -0.05) is 35.7 Å². The Morgan fingerprint density at radius 2 is 1.95 bits per heavy atom. The molecule has 0 fully saturated rings. The van der Waals surface area contributed by atoms with Gasteiger partial charge in [0.05, 0.1) is 17.7 Å². The first kappa shape index (κ1) is 19.7. The van der Waals surface area contributed by atoms with Gasteiger partial charge < -0.3 is 10.8 Å². The van der Waals surface area contributed by atoms with Crippen molar-refractivity contribution in [2.24, 2.45) is 5.73 Å². The molecule has 0 radical (unpaired) electrons. The van der Waals surface area contributed by atoms with Gasteiger partial charge >= 0.3 is 6.18 Å². The molecule has 0 saturated carbocycles. The standard InChI is InChI=1S/C13H17BrF3NO.ClH/c1-2-3-4-11(19)12(18)9-7-8(13(15,16)17)5-6-10(9)14;/h5-7,11-12,19H,2-4,18H2,1H3;1H/t11-,12+;/m0./s1. The molecule has 116 valence electrons. The van der Waals surface area contributed by atoms with Gasteiger partial charge in [0.1, 0.15) is 0 Å². The summed E-state index contributed by atoms with van der Waals surface area (Å²) in [6, 6.07) is 2.45. The number of rotatable bonds is 5. The maximum Gasteiger partial charge on any atom is 0.416 e. The lowest BCUT2D eigenvalue weighted by Gasteiger charge is -2.21. The Bertz CT molecular complexity index is 429. The molecular weight excluding hydrogens is 358 g/mol. The fourth-order valence-electron chi connectivity index (χ4n) is 1.78. The second-order valence-electron chi connectivity index (χ2n) is 4.47. The first-order valence-electron chi connectivity index (χ1n) is 6.07.